The number of carbonyl (C=O) groups is 1. The molecule has 25 heavy (non-hydrogen) atoms. The second kappa shape index (κ2) is 6.47. The Hall–Kier alpha value is -3.02. The van der Waals surface area contributed by atoms with Gasteiger partial charge in [-0.15, -0.1) is 0 Å². The zero-order chi connectivity index (χ0) is 17.2. The fraction of sp³-hybridized carbons (Fsp3) is 0.263. The summed E-state index contributed by atoms with van der Waals surface area (Å²) in [6, 6.07) is 13.2. The van der Waals surface area contributed by atoms with Gasteiger partial charge in [-0.1, -0.05) is 12.1 Å². The van der Waals surface area contributed by atoms with E-state index in [1.165, 1.54) is 0 Å². The van der Waals surface area contributed by atoms with Crippen LogP contribution in [0.5, 0.6) is 17.2 Å². The van der Waals surface area contributed by atoms with E-state index in [4.69, 9.17) is 14.2 Å². The van der Waals surface area contributed by atoms with Gasteiger partial charge < -0.3 is 14.2 Å². The smallest absolute Gasteiger partial charge is 0.247 e. The standard InChI is InChI=1S/C19H18N2O4/c1-23-15-5-2-13(3-6-15)10-19(22)21-9-8-16(20-21)14-4-7-17-18(11-14)25-12-24-17/h2-7,11H,8-10,12H2,1H3. The van der Waals surface area contributed by atoms with Crippen LogP contribution in [-0.2, 0) is 11.2 Å². The van der Waals surface area contributed by atoms with Gasteiger partial charge in [-0.2, -0.15) is 5.10 Å². The molecule has 128 valence electrons. The number of amides is 1. The maximum Gasteiger partial charge on any atom is 0.247 e. The Bertz CT molecular complexity index is 830. The summed E-state index contributed by atoms with van der Waals surface area (Å²) in [6.45, 7) is 0.844. The highest BCUT2D eigenvalue weighted by molar-refractivity contribution is 6.03. The largest absolute Gasteiger partial charge is 0.497 e. The van der Waals surface area contributed by atoms with E-state index in [1.807, 2.05) is 42.5 Å². The average Bonchev–Trinajstić information content (AvgIpc) is 3.31. The third-order valence-electron chi connectivity index (χ3n) is 4.31. The van der Waals surface area contributed by atoms with E-state index >= 15 is 0 Å². The van der Waals surface area contributed by atoms with Gasteiger partial charge in [0.2, 0.25) is 12.7 Å². The van der Waals surface area contributed by atoms with Crippen molar-refractivity contribution in [2.45, 2.75) is 12.8 Å². The molecule has 6 nitrogen and oxygen atoms in total. The Labute approximate surface area is 145 Å². The Balaban J connectivity index is 1.45. The molecule has 2 aliphatic rings. The molecule has 2 aromatic carbocycles. The molecular formula is C19H18N2O4. The summed E-state index contributed by atoms with van der Waals surface area (Å²) in [5.41, 5.74) is 2.79. The third-order valence-corrected chi connectivity index (χ3v) is 4.31. The zero-order valence-electron chi connectivity index (χ0n) is 13.9. The Morgan fingerprint density at radius 3 is 2.76 bits per heavy atom. The monoisotopic (exact) mass is 338 g/mol. The Morgan fingerprint density at radius 1 is 1.16 bits per heavy atom. The number of hydrazone groups is 1. The van der Waals surface area contributed by atoms with E-state index in [0.717, 1.165) is 40.5 Å². The normalized spacial score (nSPS) is 15.2. The van der Waals surface area contributed by atoms with Gasteiger partial charge in [-0.25, -0.2) is 5.01 Å². The van der Waals surface area contributed by atoms with Crippen LogP contribution >= 0.6 is 0 Å². The summed E-state index contributed by atoms with van der Waals surface area (Å²) in [7, 11) is 1.62. The first-order valence-corrected chi connectivity index (χ1v) is 8.14. The highest BCUT2D eigenvalue weighted by Crippen LogP contribution is 2.33. The first kappa shape index (κ1) is 15.5. The van der Waals surface area contributed by atoms with Crippen molar-refractivity contribution in [2.75, 3.05) is 20.4 Å². The van der Waals surface area contributed by atoms with Crippen LogP contribution in [0.3, 0.4) is 0 Å². The van der Waals surface area contributed by atoms with Gasteiger partial charge in [0, 0.05) is 12.0 Å². The minimum absolute atomic E-state index is 0.0130. The lowest BCUT2D eigenvalue weighted by molar-refractivity contribution is -0.130. The maximum atomic E-state index is 12.5. The maximum absolute atomic E-state index is 12.5. The van der Waals surface area contributed by atoms with Crippen molar-refractivity contribution in [2.24, 2.45) is 5.10 Å². The van der Waals surface area contributed by atoms with Crippen molar-refractivity contribution >= 4 is 11.6 Å². The molecule has 0 atom stereocenters. The summed E-state index contributed by atoms with van der Waals surface area (Å²) < 4.78 is 15.9. The quantitative estimate of drug-likeness (QED) is 0.860. The number of carbonyl (C=O) groups excluding carboxylic acids is 1. The number of rotatable bonds is 4. The molecule has 0 saturated heterocycles. The average molecular weight is 338 g/mol. The molecule has 2 aliphatic heterocycles. The molecule has 0 saturated carbocycles. The second-order valence-electron chi connectivity index (χ2n) is 5.91. The molecule has 0 bridgehead atoms. The number of benzene rings is 2. The molecule has 0 unspecified atom stereocenters. The topological polar surface area (TPSA) is 60.4 Å². The molecule has 0 spiro atoms. The molecule has 0 N–H and O–H groups in total. The molecule has 6 heteroatoms. The molecule has 2 heterocycles. The summed E-state index contributed by atoms with van der Waals surface area (Å²) in [4.78, 5) is 12.5. The predicted molar refractivity (Wildman–Crippen MR) is 92.1 cm³/mol. The lowest BCUT2D eigenvalue weighted by Crippen LogP contribution is -2.25. The van der Waals surface area contributed by atoms with Crippen molar-refractivity contribution < 1.29 is 19.0 Å². The van der Waals surface area contributed by atoms with Gasteiger partial charge in [0.1, 0.15) is 5.75 Å². The number of nitrogens with zero attached hydrogens (tertiary/aromatic N) is 2. The molecular weight excluding hydrogens is 320 g/mol. The van der Waals surface area contributed by atoms with Crippen molar-refractivity contribution in [1.82, 2.24) is 5.01 Å². The number of methoxy groups -OCH3 is 1. The van der Waals surface area contributed by atoms with E-state index in [0.29, 0.717) is 13.0 Å². The van der Waals surface area contributed by atoms with Gasteiger partial charge in [0.25, 0.3) is 0 Å². The van der Waals surface area contributed by atoms with Crippen molar-refractivity contribution in [1.29, 1.82) is 0 Å². The van der Waals surface area contributed by atoms with Gasteiger partial charge in [-0.3, -0.25) is 4.79 Å². The van der Waals surface area contributed by atoms with E-state index in [2.05, 4.69) is 5.10 Å². The fourth-order valence-electron chi connectivity index (χ4n) is 2.93. The molecule has 0 radical (unpaired) electrons. The first-order chi connectivity index (χ1) is 12.2. The van der Waals surface area contributed by atoms with Crippen LogP contribution in [0.2, 0.25) is 0 Å². The van der Waals surface area contributed by atoms with Crippen molar-refractivity contribution in [3.8, 4) is 17.2 Å². The minimum atomic E-state index is -0.0130. The lowest BCUT2D eigenvalue weighted by Gasteiger charge is -2.11. The Kier molecular flexibility index (Phi) is 4.01. The van der Waals surface area contributed by atoms with Gasteiger partial charge in [-0.05, 0) is 35.9 Å². The van der Waals surface area contributed by atoms with Gasteiger partial charge >= 0.3 is 0 Å². The Morgan fingerprint density at radius 2 is 1.96 bits per heavy atom. The summed E-state index contributed by atoms with van der Waals surface area (Å²) in [5, 5.41) is 6.04. The van der Waals surface area contributed by atoms with Crippen LogP contribution in [0.25, 0.3) is 0 Å². The van der Waals surface area contributed by atoms with Crippen LogP contribution in [-0.4, -0.2) is 37.1 Å². The number of ether oxygens (including phenoxy) is 3. The van der Waals surface area contributed by atoms with Crippen LogP contribution in [0.15, 0.2) is 47.6 Å². The van der Waals surface area contributed by atoms with E-state index in [-0.39, 0.29) is 12.7 Å². The zero-order valence-corrected chi connectivity index (χ0v) is 13.9. The molecule has 4 rings (SSSR count). The van der Waals surface area contributed by atoms with Crippen LogP contribution in [0.1, 0.15) is 17.5 Å². The minimum Gasteiger partial charge on any atom is -0.497 e. The van der Waals surface area contributed by atoms with Gasteiger partial charge in [0.15, 0.2) is 11.5 Å². The molecule has 0 aliphatic carbocycles. The fourth-order valence-corrected chi connectivity index (χ4v) is 2.93. The van der Waals surface area contributed by atoms with Gasteiger partial charge in [0.05, 0.1) is 25.8 Å². The van der Waals surface area contributed by atoms with Crippen LogP contribution in [0, 0.1) is 0 Å². The molecule has 0 aromatic heterocycles. The SMILES string of the molecule is COc1ccc(CC(=O)N2CCC(c3ccc4c(c3)OCO4)=N2)cc1. The third kappa shape index (κ3) is 3.15. The molecule has 1 amide bonds. The molecule has 0 fully saturated rings. The molecule has 2 aromatic rings. The van der Waals surface area contributed by atoms with E-state index in [9.17, 15) is 4.79 Å². The van der Waals surface area contributed by atoms with Crippen molar-refractivity contribution in [3.63, 3.8) is 0 Å². The summed E-state index contributed by atoms with van der Waals surface area (Å²) in [5.74, 6) is 2.24. The first-order valence-electron chi connectivity index (χ1n) is 8.14. The second-order valence-corrected chi connectivity index (χ2v) is 5.91. The highest BCUT2D eigenvalue weighted by atomic mass is 16.7. The summed E-state index contributed by atoms with van der Waals surface area (Å²) >= 11 is 0. The van der Waals surface area contributed by atoms with E-state index in [1.54, 1.807) is 12.1 Å². The predicted octanol–water partition coefficient (Wildman–Crippen LogP) is 2.60. The highest BCUT2D eigenvalue weighted by Gasteiger charge is 2.23. The summed E-state index contributed by atoms with van der Waals surface area (Å²) in [6.07, 6.45) is 1.05. The lowest BCUT2D eigenvalue weighted by atomic mass is 10.1. The van der Waals surface area contributed by atoms with Crippen LogP contribution in [0.4, 0.5) is 0 Å². The van der Waals surface area contributed by atoms with Crippen molar-refractivity contribution in [3.05, 3.63) is 53.6 Å². The number of hydrogen-bond donors (Lipinski definition) is 0. The number of hydrogen-bond acceptors (Lipinski definition) is 5. The van der Waals surface area contributed by atoms with E-state index < -0.39 is 0 Å². The van der Waals surface area contributed by atoms with Crippen LogP contribution < -0.4 is 14.2 Å². The number of fused-ring (bicyclic) bond motifs is 1.